The van der Waals surface area contributed by atoms with Crippen LogP contribution in [0.1, 0.15) is 41.2 Å². The van der Waals surface area contributed by atoms with Gasteiger partial charge in [0.25, 0.3) is 5.56 Å². The highest BCUT2D eigenvalue weighted by atomic mass is 19.1. The third kappa shape index (κ3) is 2.76. The standard InChI is InChI=1S/C24H24FN3O4/c1-4-24(31)17-8-20-21-15(10-28(20)22(29)16(17)11-32-23(24)30)13(5-6-26-3)14-7-12(2)18(25)9-19(14)27-21/h7-9,26,31H,4-6,10-11H2,1-3H3/t24-/m0/s1. The van der Waals surface area contributed by atoms with Gasteiger partial charge in [-0.1, -0.05) is 6.92 Å². The molecule has 4 heterocycles. The van der Waals surface area contributed by atoms with Gasteiger partial charge in [-0.3, -0.25) is 4.79 Å². The second-order valence-electron chi connectivity index (χ2n) is 8.49. The molecular formula is C24H24FN3O4. The van der Waals surface area contributed by atoms with Crippen molar-refractivity contribution in [2.24, 2.45) is 0 Å². The number of hydrogen-bond acceptors (Lipinski definition) is 6. The lowest BCUT2D eigenvalue weighted by Crippen LogP contribution is -2.44. The molecule has 166 valence electrons. The number of aliphatic hydroxyl groups is 1. The van der Waals surface area contributed by atoms with Gasteiger partial charge in [-0.05, 0) is 56.6 Å². The predicted octanol–water partition coefficient (Wildman–Crippen LogP) is 2.29. The number of likely N-dealkylation sites (N-methyl/N-ethyl adjacent to an activating group) is 1. The zero-order valence-electron chi connectivity index (χ0n) is 18.2. The highest BCUT2D eigenvalue weighted by Crippen LogP contribution is 2.40. The van der Waals surface area contributed by atoms with E-state index in [4.69, 9.17) is 9.72 Å². The lowest BCUT2D eigenvalue weighted by molar-refractivity contribution is -0.172. The number of nitrogens with zero attached hydrogens (tertiary/aromatic N) is 2. The van der Waals surface area contributed by atoms with E-state index in [1.807, 2.05) is 13.1 Å². The first-order chi connectivity index (χ1) is 15.3. The monoisotopic (exact) mass is 437 g/mol. The number of benzene rings is 1. The average Bonchev–Trinajstić information content (AvgIpc) is 3.14. The highest BCUT2D eigenvalue weighted by Gasteiger charge is 2.45. The Morgan fingerprint density at radius 1 is 1.28 bits per heavy atom. The minimum Gasteiger partial charge on any atom is -0.458 e. The van der Waals surface area contributed by atoms with E-state index >= 15 is 0 Å². The number of aryl methyl sites for hydroxylation is 1. The van der Waals surface area contributed by atoms with Gasteiger partial charge in [0, 0.05) is 22.6 Å². The number of nitrogens with one attached hydrogen (secondary N) is 1. The van der Waals surface area contributed by atoms with Crippen molar-refractivity contribution in [2.75, 3.05) is 13.6 Å². The summed E-state index contributed by atoms with van der Waals surface area (Å²) in [6, 6.07) is 4.91. The van der Waals surface area contributed by atoms with E-state index in [0.717, 1.165) is 16.5 Å². The van der Waals surface area contributed by atoms with E-state index in [-0.39, 0.29) is 35.5 Å². The van der Waals surface area contributed by atoms with Crippen LogP contribution in [-0.2, 0) is 34.7 Å². The van der Waals surface area contributed by atoms with Crippen LogP contribution in [0.25, 0.3) is 22.3 Å². The molecule has 32 heavy (non-hydrogen) atoms. The van der Waals surface area contributed by atoms with Gasteiger partial charge in [-0.2, -0.15) is 0 Å². The van der Waals surface area contributed by atoms with Crippen molar-refractivity contribution < 1.29 is 19.0 Å². The first-order valence-corrected chi connectivity index (χ1v) is 10.7. The molecule has 2 aliphatic rings. The van der Waals surface area contributed by atoms with Crippen LogP contribution in [-0.4, -0.2) is 34.2 Å². The van der Waals surface area contributed by atoms with Gasteiger partial charge in [0.1, 0.15) is 12.4 Å². The summed E-state index contributed by atoms with van der Waals surface area (Å²) in [5.41, 5.74) is 2.47. The molecule has 1 aromatic carbocycles. The summed E-state index contributed by atoms with van der Waals surface area (Å²) in [6.45, 7) is 4.26. The van der Waals surface area contributed by atoms with E-state index in [1.54, 1.807) is 24.5 Å². The molecule has 0 fully saturated rings. The largest absolute Gasteiger partial charge is 0.458 e. The van der Waals surface area contributed by atoms with Crippen LogP contribution in [0.2, 0.25) is 0 Å². The number of halogens is 1. The molecule has 7 nitrogen and oxygen atoms in total. The van der Waals surface area contributed by atoms with Crippen LogP contribution in [0, 0.1) is 12.7 Å². The number of pyridine rings is 2. The zero-order chi connectivity index (χ0) is 22.8. The Balaban J connectivity index is 1.81. The van der Waals surface area contributed by atoms with Gasteiger partial charge in [0.15, 0.2) is 5.60 Å². The van der Waals surface area contributed by atoms with E-state index in [2.05, 4.69) is 5.32 Å². The van der Waals surface area contributed by atoms with E-state index in [0.29, 0.717) is 42.0 Å². The number of cyclic esters (lactones) is 1. The molecule has 0 radical (unpaired) electrons. The highest BCUT2D eigenvalue weighted by molar-refractivity contribution is 5.89. The number of rotatable bonds is 4. The van der Waals surface area contributed by atoms with Crippen molar-refractivity contribution in [3.8, 4) is 11.4 Å². The number of esters is 1. The lowest BCUT2D eigenvalue weighted by Gasteiger charge is -2.31. The molecule has 0 aliphatic carbocycles. The Morgan fingerprint density at radius 2 is 2.06 bits per heavy atom. The molecule has 8 heteroatoms. The summed E-state index contributed by atoms with van der Waals surface area (Å²) in [6.07, 6.45) is 0.767. The van der Waals surface area contributed by atoms with E-state index in [1.165, 1.54) is 6.07 Å². The first-order valence-electron chi connectivity index (χ1n) is 10.7. The number of hydrogen-bond donors (Lipinski definition) is 2. The molecule has 2 aliphatic heterocycles. The number of ether oxygens (including phenoxy) is 1. The Morgan fingerprint density at radius 3 is 2.78 bits per heavy atom. The quantitative estimate of drug-likeness (QED) is 0.476. The van der Waals surface area contributed by atoms with Crippen molar-refractivity contribution in [1.82, 2.24) is 14.9 Å². The Kier molecular flexibility index (Phi) is 4.69. The van der Waals surface area contributed by atoms with Crippen molar-refractivity contribution >= 4 is 16.9 Å². The zero-order valence-corrected chi connectivity index (χ0v) is 18.2. The van der Waals surface area contributed by atoms with Crippen molar-refractivity contribution in [1.29, 1.82) is 0 Å². The van der Waals surface area contributed by atoms with Gasteiger partial charge in [0.2, 0.25) is 0 Å². The second kappa shape index (κ2) is 7.21. The Labute approximate surface area is 183 Å². The number of carbonyl (C=O) groups is 1. The third-order valence-electron chi connectivity index (χ3n) is 6.71. The Bertz CT molecular complexity index is 1360. The van der Waals surface area contributed by atoms with Gasteiger partial charge in [-0.25, -0.2) is 14.2 Å². The topological polar surface area (TPSA) is 93.5 Å². The fourth-order valence-electron chi connectivity index (χ4n) is 4.83. The Hall–Kier alpha value is -3.10. The number of aromatic nitrogens is 2. The van der Waals surface area contributed by atoms with E-state index < -0.39 is 11.6 Å². The molecule has 0 unspecified atom stereocenters. The molecule has 2 aromatic heterocycles. The smallest absolute Gasteiger partial charge is 0.343 e. The average molecular weight is 437 g/mol. The summed E-state index contributed by atoms with van der Waals surface area (Å²) in [5.74, 6) is -1.10. The third-order valence-corrected chi connectivity index (χ3v) is 6.71. The normalized spacial score (nSPS) is 19.0. The summed E-state index contributed by atoms with van der Waals surface area (Å²) < 4.78 is 21.1. The van der Waals surface area contributed by atoms with Crippen molar-refractivity contribution in [3.63, 3.8) is 0 Å². The minimum atomic E-state index is -1.87. The molecule has 0 spiro atoms. The van der Waals surface area contributed by atoms with Crippen LogP contribution in [0.3, 0.4) is 0 Å². The fourth-order valence-corrected chi connectivity index (χ4v) is 4.83. The van der Waals surface area contributed by atoms with Gasteiger partial charge < -0.3 is 19.7 Å². The lowest BCUT2D eigenvalue weighted by atomic mass is 9.86. The minimum absolute atomic E-state index is 0.0810. The predicted molar refractivity (Wildman–Crippen MR) is 117 cm³/mol. The maximum atomic E-state index is 14.4. The van der Waals surface area contributed by atoms with Gasteiger partial charge >= 0.3 is 5.97 Å². The molecule has 1 atom stereocenters. The van der Waals surface area contributed by atoms with E-state index in [9.17, 15) is 19.1 Å². The van der Waals surface area contributed by atoms with Crippen LogP contribution in [0.5, 0.6) is 0 Å². The fraction of sp³-hybridized carbons (Fsp3) is 0.375. The molecular weight excluding hydrogens is 413 g/mol. The molecule has 0 bridgehead atoms. The van der Waals surface area contributed by atoms with Crippen LogP contribution >= 0.6 is 0 Å². The SMILES string of the molecule is CC[C@@]1(O)C(=O)OCc2c1cc1n(c2=O)Cc2c-1nc1cc(F)c(C)cc1c2CCNC. The first kappa shape index (κ1) is 20.8. The van der Waals surface area contributed by atoms with Crippen LogP contribution in [0.4, 0.5) is 4.39 Å². The summed E-state index contributed by atoms with van der Waals surface area (Å²) >= 11 is 0. The summed E-state index contributed by atoms with van der Waals surface area (Å²) in [5, 5.41) is 15.0. The molecule has 0 saturated carbocycles. The van der Waals surface area contributed by atoms with Crippen LogP contribution in [0.15, 0.2) is 23.0 Å². The molecule has 5 rings (SSSR count). The summed E-state index contributed by atoms with van der Waals surface area (Å²) in [4.78, 5) is 30.4. The van der Waals surface area contributed by atoms with Gasteiger partial charge in [-0.15, -0.1) is 0 Å². The molecule has 0 amide bonds. The number of carbonyl (C=O) groups excluding carboxylic acids is 1. The molecule has 2 N–H and O–H groups in total. The molecule has 0 saturated heterocycles. The van der Waals surface area contributed by atoms with Gasteiger partial charge in [0.05, 0.1) is 29.0 Å². The number of fused-ring (bicyclic) bond motifs is 5. The van der Waals surface area contributed by atoms with Crippen molar-refractivity contribution in [2.45, 2.75) is 45.4 Å². The summed E-state index contributed by atoms with van der Waals surface area (Å²) in [7, 11) is 1.87. The molecule has 3 aromatic rings. The maximum Gasteiger partial charge on any atom is 0.343 e. The van der Waals surface area contributed by atoms with Crippen molar-refractivity contribution in [3.05, 3.63) is 62.2 Å². The maximum absolute atomic E-state index is 14.4. The van der Waals surface area contributed by atoms with Crippen LogP contribution < -0.4 is 10.9 Å². The second-order valence-corrected chi connectivity index (χ2v) is 8.49.